The molecule has 1 fully saturated rings. The molecule has 1 aliphatic carbocycles. The summed E-state index contributed by atoms with van der Waals surface area (Å²) in [4.78, 5) is 17.9. The number of amides is 1. The number of nitrogens with zero attached hydrogens (tertiary/aromatic N) is 2. The van der Waals surface area contributed by atoms with Crippen LogP contribution in [0.1, 0.15) is 43.0 Å². The van der Waals surface area contributed by atoms with Gasteiger partial charge in [-0.2, -0.15) is 4.39 Å². The lowest BCUT2D eigenvalue weighted by molar-refractivity contribution is 0.0673. The van der Waals surface area contributed by atoms with Crippen molar-refractivity contribution < 1.29 is 9.18 Å². The Labute approximate surface area is 125 Å². The van der Waals surface area contributed by atoms with Crippen LogP contribution < -0.4 is 5.32 Å². The summed E-state index contributed by atoms with van der Waals surface area (Å²) in [5, 5.41) is 2.89. The van der Waals surface area contributed by atoms with Gasteiger partial charge in [-0.3, -0.25) is 4.79 Å². The molecule has 1 aromatic rings. The first kappa shape index (κ1) is 15.9. The number of halogens is 1. The zero-order valence-electron chi connectivity index (χ0n) is 13.0. The van der Waals surface area contributed by atoms with Crippen LogP contribution in [0.3, 0.4) is 0 Å². The molecular weight excluding hydrogens is 269 g/mol. The highest BCUT2D eigenvalue weighted by Gasteiger charge is 2.37. The minimum absolute atomic E-state index is 0.00950. The predicted octanol–water partition coefficient (Wildman–Crippen LogP) is 2.46. The number of hydrogen-bond donors (Lipinski definition) is 1. The van der Waals surface area contributed by atoms with E-state index in [2.05, 4.69) is 36.2 Å². The summed E-state index contributed by atoms with van der Waals surface area (Å²) in [6, 6.07) is 3.03. The van der Waals surface area contributed by atoms with Gasteiger partial charge in [-0.25, -0.2) is 4.98 Å². The van der Waals surface area contributed by atoms with E-state index in [1.807, 2.05) is 0 Å². The smallest absolute Gasteiger partial charge is 0.255 e. The van der Waals surface area contributed by atoms with E-state index in [1.54, 1.807) is 6.07 Å². The Morgan fingerprint density at radius 2 is 2.33 bits per heavy atom. The van der Waals surface area contributed by atoms with Crippen molar-refractivity contribution in [2.24, 2.45) is 5.92 Å². The number of carbonyl (C=O) groups is 1. The van der Waals surface area contributed by atoms with Gasteiger partial charge in [-0.1, -0.05) is 19.8 Å². The third-order valence-electron chi connectivity index (χ3n) is 4.60. The van der Waals surface area contributed by atoms with Crippen molar-refractivity contribution in [2.75, 3.05) is 20.6 Å². The van der Waals surface area contributed by atoms with Gasteiger partial charge in [0.15, 0.2) is 0 Å². The second-order valence-corrected chi connectivity index (χ2v) is 6.34. The normalized spacial score (nSPS) is 25.9. The summed E-state index contributed by atoms with van der Waals surface area (Å²) < 4.78 is 13.5. The van der Waals surface area contributed by atoms with Gasteiger partial charge in [-0.05, 0) is 45.0 Å². The first-order valence-electron chi connectivity index (χ1n) is 7.51. The van der Waals surface area contributed by atoms with Crippen LogP contribution in [0.25, 0.3) is 0 Å². The maximum absolute atomic E-state index is 13.5. The Morgan fingerprint density at radius 3 is 2.95 bits per heavy atom. The minimum atomic E-state index is -0.717. The van der Waals surface area contributed by atoms with Crippen molar-refractivity contribution in [3.63, 3.8) is 0 Å². The maximum atomic E-state index is 13.5. The third-order valence-corrected chi connectivity index (χ3v) is 4.60. The van der Waals surface area contributed by atoms with E-state index in [0.717, 1.165) is 19.3 Å². The molecule has 0 bridgehead atoms. The highest BCUT2D eigenvalue weighted by atomic mass is 19.1. The topological polar surface area (TPSA) is 45.2 Å². The Hall–Kier alpha value is -1.49. The van der Waals surface area contributed by atoms with E-state index in [0.29, 0.717) is 12.5 Å². The molecule has 1 amide bonds. The number of aromatic nitrogens is 1. The van der Waals surface area contributed by atoms with Crippen LogP contribution in [0, 0.1) is 11.9 Å². The Kier molecular flexibility index (Phi) is 4.93. The first-order valence-corrected chi connectivity index (χ1v) is 7.51. The van der Waals surface area contributed by atoms with E-state index >= 15 is 0 Å². The molecule has 2 rings (SSSR count). The third kappa shape index (κ3) is 3.59. The van der Waals surface area contributed by atoms with Crippen LogP contribution in [-0.4, -0.2) is 42.0 Å². The molecule has 2 unspecified atom stereocenters. The summed E-state index contributed by atoms with van der Waals surface area (Å²) in [5.41, 5.74) is -0.0262. The molecule has 1 heterocycles. The molecule has 1 aromatic heterocycles. The van der Waals surface area contributed by atoms with Crippen molar-refractivity contribution in [1.29, 1.82) is 0 Å². The monoisotopic (exact) mass is 293 g/mol. The second-order valence-electron chi connectivity index (χ2n) is 6.34. The average Bonchev–Trinajstić information content (AvgIpc) is 2.45. The van der Waals surface area contributed by atoms with Gasteiger partial charge < -0.3 is 10.2 Å². The lowest BCUT2D eigenvalue weighted by atomic mass is 9.75. The lowest BCUT2D eigenvalue weighted by Crippen LogP contribution is -2.55. The van der Waals surface area contributed by atoms with E-state index in [4.69, 9.17) is 0 Å². The van der Waals surface area contributed by atoms with Gasteiger partial charge in [0.25, 0.3) is 5.91 Å². The van der Waals surface area contributed by atoms with Gasteiger partial charge in [-0.15, -0.1) is 0 Å². The number of hydrogen-bond acceptors (Lipinski definition) is 3. The Bertz CT molecular complexity index is 506. The standard InChI is InChI=1S/C16H24FN3O/c1-12-6-4-8-16(10-12,20(2)3)11-19-15(21)13-7-5-9-18-14(13)17/h5,7,9,12H,4,6,8,10-11H2,1-3H3,(H,19,21). The molecule has 0 aliphatic heterocycles. The molecule has 116 valence electrons. The number of rotatable bonds is 4. The van der Waals surface area contributed by atoms with Crippen molar-refractivity contribution in [3.8, 4) is 0 Å². The number of carbonyl (C=O) groups excluding carboxylic acids is 1. The van der Waals surface area contributed by atoms with Crippen LogP contribution in [0.15, 0.2) is 18.3 Å². The first-order chi connectivity index (χ1) is 9.94. The molecule has 0 aromatic carbocycles. The molecule has 1 aliphatic rings. The molecule has 1 N–H and O–H groups in total. The largest absolute Gasteiger partial charge is 0.350 e. The number of likely N-dealkylation sites (N-methyl/N-ethyl adjacent to an activating group) is 1. The Balaban J connectivity index is 2.06. The molecule has 2 atom stereocenters. The van der Waals surface area contributed by atoms with Crippen molar-refractivity contribution in [2.45, 2.75) is 38.1 Å². The fourth-order valence-corrected chi connectivity index (χ4v) is 3.25. The average molecular weight is 293 g/mol. The van der Waals surface area contributed by atoms with Crippen molar-refractivity contribution >= 4 is 5.91 Å². The van der Waals surface area contributed by atoms with Crippen LogP contribution in [0.2, 0.25) is 0 Å². The zero-order valence-corrected chi connectivity index (χ0v) is 13.0. The molecule has 1 saturated carbocycles. The molecule has 5 heteroatoms. The molecule has 0 spiro atoms. The van der Waals surface area contributed by atoms with Crippen LogP contribution in [0.4, 0.5) is 4.39 Å². The van der Waals surface area contributed by atoms with E-state index < -0.39 is 5.95 Å². The fourth-order valence-electron chi connectivity index (χ4n) is 3.25. The van der Waals surface area contributed by atoms with Gasteiger partial charge in [0.1, 0.15) is 0 Å². The lowest BCUT2D eigenvalue weighted by Gasteiger charge is -2.45. The predicted molar refractivity (Wildman–Crippen MR) is 80.6 cm³/mol. The van der Waals surface area contributed by atoms with E-state index in [9.17, 15) is 9.18 Å². The highest BCUT2D eigenvalue weighted by molar-refractivity contribution is 5.94. The quantitative estimate of drug-likeness (QED) is 0.867. The van der Waals surface area contributed by atoms with Crippen molar-refractivity contribution in [1.82, 2.24) is 15.2 Å². The molecule has 0 saturated heterocycles. The van der Waals surface area contributed by atoms with Gasteiger partial charge >= 0.3 is 0 Å². The number of nitrogens with one attached hydrogen (secondary N) is 1. The second kappa shape index (κ2) is 6.52. The van der Waals surface area contributed by atoms with Crippen LogP contribution >= 0.6 is 0 Å². The van der Waals surface area contributed by atoms with E-state index in [-0.39, 0.29) is 17.0 Å². The summed E-state index contributed by atoms with van der Waals surface area (Å²) in [6.45, 7) is 2.79. The fraction of sp³-hybridized carbons (Fsp3) is 0.625. The maximum Gasteiger partial charge on any atom is 0.255 e. The summed E-state index contributed by atoms with van der Waals surface area (Å²) >= 11 is 0. The molecule has 21 heavy (non-hydrogen) atoms. The minimum Gasteiger partial charge on any atom is -0.350 e. The SMILES string of the molecule is CC1CCCC(CNC(=O)c2cccnc2F)(N(C)C)C1. The zero-order chi connectivity index (χ0) is 15.5. The number of pyridine rings is 1. The van der Waals surface area contributed by atoms with Gasteiger partial charge in [0.2, 0.25) is 5.95 Å². The van der Waals surface area contributed by atoms with E-state index in [1.165, 1.54) is 18.7 Å². The van der Waals surface area contributed by atoms with Crippen molar-refractivity contribution in [3.05, 3.63) is 29.8 Å². The highest BCUT2D eigenvalue weighted by Crippen LogP contribution is 2.35. The summed E-state index contributed by atoms with van der Waals surface area (Å²) in [5.74, 6) is -0.459. The van der Waals surface area contributed by atoms with Crippen LogP contribution in [-0.2, 0) is 0 Å². The molecule has 4 nitrogen and oxygen atoms in total. The van der Waals surface area contributed by atoms with Gasteiger partial charge in [0, 0.05) is 18.3 Å². The van der Waals surface area contributed by atoms with Crippen LogP contribution in [0.5, 0.6) is 0 Å². The Morgan fingerprint density at radius 1 is 1.57 bits per heavy atom. The summed E-state index contributed by atoms with van der Waals surface area (Å²) in [6.07, 6.45) is 5.85. The summed E-state index contributed by atoms with van der Waals surface area (Å²) in [7, 11) is 4.10. The molecular formula is C16H24FN3O. The molecule has 0 radical (unpaired) electrons. The van der Waals surface area contributed by atoms with Gasteiger partial charge in [0.05, 0.1) is 5.56 Å².